The van der Waals surface area contributed by atoms with Crippen molar-refractivity contribution in [1.82, 2.24) is 10.2 Å². The highest BCUT2D eigenvalue weighted by Crippen LogP contribution is 2.27. The van der Waals surface area contributed by atoms with Gasteiger partial charge in [-0.1, -0.05) is 50.1 Å². The van der Waals surface area contributed by atoms with Gasteiger partial charge in [-0.15, -0.1) is 0 Å². The van der Waals surface area contributed by atoms with Crippen LogP contribution in [0.25, 0.3) is 0 Å². The number of rotatable bonds is 16. The third-order valence-electron chi connectivity index (χ3n) is 7.03. The Morgan fingerprint density at radius 3 is 2.23 bits per heavy atom. The molecule has 232 valence electrons. The molecule has 0 aromatic heterocycles. The van der Waals surface area contributed by atoms with Crippen LogP contribution in [-0.2, 0) is 26.2 Å². The van der Waals surface area contributed by atoms with Gasteiger partial charge in [-0.05, 0) is 80.8 Å². The highest BCUT2D eigenvalue weighted by atomic mass is 32.2. The third kappa shape index (κ3) is 8.97. The number of methoxy groups -OCH3 is 1. The van der Waals surface area contributed by atoms with Crippen LogP contribution in [0.5, 0.6) is 11.5 Å². The molecule has 0 saturated carbocycles. The Kier molecular flexibility index (Phi) is 12.4. The molecule has 0 spiro atoms. The van der Waals surface area contributed by atoms with Crippen LogP contribution in [-0.4, -0.2) is 58.0 Å². The molecule has 0 saturated heterocycles. The molecule has 0 aliphatic carbocycles. The third-order valence-corrected chi connectivity index (χ3v) is 8.81. The van der Waals surface area contributed by atoms with Crippen molar-refractivity contribution in [3.8, 4) is 11.5 Å². The Morgan fingerprint density at radius 1 is 0.930 bits per heavy atom. The zero-order valence-corrected chi connectivity index (χ0v) is 26.5. The summed E-state index contributed by atoms with van der Waals surface area (Å²) in [5, 5.41) is 2.94. The van der Waals surface area contributed by atoms with E-state index >= 15 is 0 Å². The van der Waals surface area contributed by atoms with E-state index < -0.39 is 28.5 Å². The van der Waals surface area contributed by atoms with Crippen molar-refractivity contribution in [3.05, 3.63) is 83.9 Å². The number of benzene rings is 3. The van der Waals surface area contributed by atoms with E-state index in [4.69, 9.17) is 9.47 Å². The van der Waals surface area contributed by atoms with Crippen LogP contribution in [0.1, 0.15) is 51.2 Å². The maximum absolute atomic E-state index is 14.2. The van der Waals surface area contributed by atoms with Crippen LogP contribution in [0.2, 0.25) is 0 Å². The summed E-state index contributed by atoms with van der Waals surface area (Å²) in [6.07, 6.45) is 2.07. The van der Waals surface area contributed by atoms with Crippen LogP contribution < -0.4 is 19.1 Å². The number of nitrogens with one attached hydrogen (secondary N) is 1. The van der Waals surface area contributed by atoms with Gasteiger partial charge in [0.1, 0.15) is 24.1 Å². The van der Waals surface area contributed by atoms with Gasteiger partial charge in [0.15, 0.2) is 0 Å². The predicted molar refractivity (Wildman–Crippen MR) is 169 cm³/mol. The topological polar surface area (TPSA) is 105 Å². The summed E-state index contributed by atoms with van der Waals surface area (Å²) in [6.45, 7) is 8.14. The Labute approximate surface area is 255 Å². The van der Waals surface area contributed by atoms with Gasteiger partial charge in [-0.3, -0.25) is 13.9 Å². The Morgan fingerprint density at radius 2 is 1.63 bits per heavy atom. The molecule has 0 fully saturated rings. The summed E-state index contributed by atoms with van der Waals surface area (Å²) >= 11 is 0. The summed E-state index contributed by atoms with van der Waals surface area (Å²) in [5.41, 5.74) is 1.97. The number of unbranched alkanes of at least 4 members (excludes halogenated alkanes) is 1. The quantitative estimate of drug-likeness (QED) is 0.221. The predicted octanol–water partition coefficient (Wildman–Crippen LogP) is 5.32. The second-order valence-electron chi connectivity index (χ2n) is 10.2. The lowest BCUT2D eigenvalue weighted by molar-refractivity contribution is -0.140. The summed E-state index contributed by atoms with van der Waals surface area (Å²) in [7, 11) is -2.60. The minimum atomic E-state index is -4.15. The molecule has 3 aromatic carbocycles. The molecule has 0 bridgehead atoms. The van der Waals surface area contributed by atoms with Crippen molar-refractivity contribution in [3.63, 3.8) is 0 Å². The van der Waals surface area contributed by atoms with Crippen molar-refractivity contribution < 1.29 is 27.5 Å². The van der Waals surface area contributed by atoms with Gasteiger partial charge in [-0.2, -0.15) is 0 Å². The van der Waals surface area contributed by atoms with Crippen molar-refractivity contribution in [2.24, 2.45) is 0 Å². The lowest BCUT2D eigenvalue weighted by Crippen LogP contribution is -2.52. The Bertz CT molecular complexity index is 1440. The molecule has 2 amide bonds. The number of sulfonamides is 1. The zero-order valence-electron chi connectivity index (χ0n) is 25.7. The number of hydrogen-bond acceptors (Lipinski definition) is 6. The number of amides is 2. The van der Waals surface area contributed by atoms with Crippen molar-refractivity contribution in [2.45, 2.75) is 64.4 Å². The van der Waals surface area contributed by atoms with Gasteiger partial charge in [0, 0.05) is 13.1 Å². The lowest BCUT2D eigenvalue weighted by Gasteiger charge is -2.33. The second-order valence-corrected chi connectivity index (χ2v) is 12.1. The monoisotopic (exact) mass is 609 g/mol. The molecule has 1 atom stereocenters. The minimum Gasteiger partial charge on any atom is -0.497 e. The fraction of sp³-hybridized carbons (Fsp3) is 0.394. The van der Waals surface area contributed by atoms with Gasteiger partial charge in [0.25, 0.3) is 10.0 Å². The summed E-state index contributed by atoms with van der Waals surface area (Å²) in [5.74, 6) is 0.411. The van der Waals surface area contributed by atoms with Crippen LogP contribution in [0.3, 0.4) is 0 Å². The minimum absolute atomic E-state index is 0.0588. The highest BCUT2D eigenvalue weighted by Gasteiger charge is 2.33. The summed E-state index contributed by atoms with van der Waals surface area (Å²) in [6, 6.07) is 19.5. The molecule has 43 heavy (non-hydrogen) atoms. The maximum Gasteiger partial charge on any atom is 0.264 e. The number of carbonyl (C=O) groups is 2. The average molecular weight is 610 g/mol. The maximum atomic E-state index is 14.2. The molecule has 10 heteroatoms. The molecule has 1 N–H and O–H groups in total. The summed E-state index contributed by atoms with van der Waals surface area (Å²) in [4.78, 5) is 29.1. The highest BCUT2D eigenvalue weighted by molar-refractivity contribution is 7.92. The van der Waals surface area contributed by atoms with E-state index in [1.165, 1.54) is 17.0 Å². The number of aryl methyl sites for hydroxylation is 1. The first-order chi connectivity index (χ1) is 20.6. The van der Waals surface area contributed by atoms with Crippen LogP contribution in [0.15, 0.2) is 77.7 Å². The van der Waals surface area contributed by atoms with E-state index in [0.717, 1.165) is 28.3 Å². The van der Waals surface area contributed by atoms with E-state index in [2.05, 4.69) is 5.32 Å². The lowest BCUT2D eigenvalue weighted by atomic mass is 10.1. The second kappa shape index (κ2) is 16.0. The zero-order chi connectivity index (χ0) is 31.4. The first-order valence-electron chi connectivity index (χ1n) is 14.7. The largest absolute Gasteiger partial charge is 0.497 e. The van der Waals surface area contributed by atoms with E-state index in [-0.39, 0.29) is 17.3 Å². The van der Waals surface area contributed by atoms with E-state index in [0.29, 0.717) is 36.8 Å². The fourth-order valence-electron chi connectivity index (χ4n) is 4.63. The summed E-state index contributed by atoms with van der Waals surface area (Å²) < 4.78 is 40.1. The molecule has 0 aliphatic heterocycles. The van der Waals surface area contributed by atoms with Crippen molar-refractivity contribution in [1.29, 1.82) is 0 Å². The molecule has 0 radical (unpaired) electrons. The fourth-order valence-corrected chi connectivity index (χ4v) is 6.05. The molecule has 3 rings (SSSR count). The first kappa shape index (κ1) is 33.5. The van der Waals surface area contributed by atoms with Gasteiger partial charge in [0.2, 0.25) is 11.8 Å². The SMILES string of the molecule is CCCCNC(=O)[C@@H](CC)N(Cc1cccc(OC)c1)C(=O)CN(c1ccc(OCC)cc1)S(=O)(=O)c1ccc(C)cc1. The van der Waals surface area contributed by atoms with Crippen molar-refractivity contribution in [2.75, 3.05) is 31.1 Å². The molecular formula is C33H43N3O6S. The molecule has 3 aromatic rings. The Balaban J connectivity index is 2.05. The number of carbonyl (C=O) groups excluding carboxylic acids is 2. The number of anilines is 1. The van der Waals surface area contributed by atoms with Crippen LogP contribution in [0, 0.1) is 6.92 Å². The van der Waals surface area contributed by atoms with E-state index in [1.807, 2.05) is 39.8 Å². The van der Waals surface area contributed by atoms with Gasteiger partial charge >= 0.3 is 0 Å². The van der Waals surface area contributed by atoms with Gasteiger partial charge in [0.05, 0.1) is 24.3 Å². The molecule has 0 aliphatic rings. The first-order valence-corrected chi connectivity index (χ1v) is 16.1. The van der Waals surface area contributed by atoms with Crippen LogP contribution in [0.4, 0.5) is 5.69 Å². The van der Waals surface area contributed by atoms with E-state index in [9.17, 15) is 18.0 Å². The van der Waals surface area contributed by atoms with Gasteiger partial charge in [-0.25, -0.2) is 8.42 Å². The average Bonchev–Trinajstić information content (AvgIpc) is 3.00. The number of ether oxygens (including phenoxy) is 2. The van der Waals surface area contributed by atoms with Crippen molar-refractivity contribution >= 4 is 27.5 Å². The molecule has 9 nitrogen and oxygen atoms in total. The van der Waals surface area contributed by atoms with Crippen LogP contribution >= 0.6 is 0 Å². The van der Waals surface area contributed by atoms with Gasteiger partial charge < -0.3 is 19.7 Å². The smallest absolute Gasteiger partial charge is 0.264 e. The standard InChI is InChI=1S/C33H43N3O6S/c1-6-9-21-34-33(38)31(7-2)35(23-26-11-10-12-29(22-26)41-5)32(37)24-36(27-15-17-28(18-16-27)42-8-3)43(39,40)30-19-13-25(4)14-20-30/h10-20,22,31H,6-9,21,23-24H2,1-5H3,(H,34,38)/t31-/m1/s1. The number of hydrogen-bond donors (Lipinski definition) is 1. The molecule has 0 heterocycles. The van der Waals surface area contributed by atoms with E-state index in [1.54, 1.807) is 55.6 Å². The number of nitrogens with zero attached hydrogens (tertiary/aromatic N) is 2. The Hall–Kier alpha value is -4.05. The molecule has 0 unspecified atom stereocenters. The molecular weight excluding hydrogens is 566 g/mol. The normalized spacial score (nSPS) is 11.8.